The second-order valence-electron chi connectivity index (χ2n) is 4.33. The Morgan fingerprint density at radius 3 is 2.33 bits per heavy atom. The standard InChI is InChI=1S/C12H19NO2/c1-8(2)3-5-10(13)9-4-6-11(14)12(15)7-9/h4,6-8,10,14-15H,3,5,13H2,1-2H3/t10-/m1/s1. The van der Waals surface area contributed by atoms with E-state index < -0.39 is 0 Å². The van der Waals surface area contributed by atoms with E-state index in [1.165, 1.54) is 12.1 Å². The third-order valence-electron chi connectivity index (χ3n) is 2.48. The SMILES string of the molecule is CC(C)CC[C@@H](N)c1ccc(O)c(O)c1. The van der Waals surface area contributed by atoms with Crippen LogP contribution in [0.25, 0.3) is 0 Å². The first-order valence-electron chi connectivity index (χ1n) is 5.28. The minimum Gasteiger partial charge on any atom is -0.504 e. The first-order chi connectivity index (χ1) is 7.00. The molecular formula is C12H19NO2. The van der Waals surface area contributed by atoms with E-state index in [1.807, 2.05) is 0 Å². The first kappa shape index (κ1) is 11.9. The van der Waals surface area contributed by atoms with Gasteiger partial charge in [-0.15, -0.1) is 0 Å². The van der Waals surface area contributed by atoms with Gasteiger partial charge < -0.3 is 15.9 Å². The second kappa shape index (κ2) is 5.03. The van der Waals surface area contributed by atoms with Crippen LogP contribution in [0.2, 0.25) is 0 Å². The van der Waals surface area contributed by atoms with Crippen LogP contribution in [0, 0.1) is 5.92 Å². The Kier molecular flexibility index (Phi) is 3.97. The Labute approximate surface area is 90.5 Å². The van der Waals surface area contributed by atoms with Crippen LogP contribution in [0.15, 0.2) is 18.2 Å². The summed E-state index contributed by atoms with van der Waals surface area (Å²) in [4.78, 5) is 0. The first-order valence-corrected chi connectivity index (χ1v) is 5.28. The molecule has 0 unspecified atom stereocenters. The molecule has 0 aliphatic heterocycles. The Balaban J connectivity index is 2.65. The molecule has 0 saturated heterocycles. The predicted octanol–water partition coefficient (Wildman–Crippen LogP) is 2.53. The summed E-state index contributed by atoms with van der Waals surface area (Å²) in [5.74, 6) is 0.420. The van der Waals surface area contributed by atoms with Crippen LogP contribution >= 0.6 is 0 Å². The van der Waals surface area contributed by atoms with Crippen LogP contribution in [-0.2, 0) is 0 Å². The lowest BCUT2D eigenvalue weighted by molar-refractivity contribution is 0.402. The van der Waals surface area contributed by atoms with Gasteiger partial charge in [0.05, 0.1) is 0 Å². The van der Waals surface area contributed by atoms with E-state index in [-0.39, 0.29) is 17.5 Å². The number of rotatable bonds is 4. The Morgan fingerprint density at radius 2 is 1.80 bits per heavy atom. The summed E-state index contributed by atoms with van der Waals surface area (Å²) in [5, 5.41) is 18.5. The van der Waals surface area contributed by atoms with Crippen LogP contribution in [0.4, 0.5) is 0 Å². The lowest BCUT2D eigenvalue weighted by Gasteiger charge is -2.14. The Morgan fingerprint density at radius 1 is 1.13 bits per heavy atom. The molecule has 0 amide bonds. The molecule has 0 aromatic heterocycles. The molecule has 1 aromatic carbocycles. The van der Waals surface area contributed by atoms with Crippen molar-refractivity contribution in [3.05, 3.63) is 23.8 Å². The summed E-state index contributed by atoms with van der Waals surface area (Å²) in [5.41, 5.74) is 6.84. The molecule has 0 fully saturated rings. The lowest BCUT2D eigenvalue weighted by atomic mass is 9.98. The lowest BCUT2D eigenvalue weighted by Crippen LogP contribution is -2.11. The summed E-state index contributed by atoms with van der Waals surface area (Å²) >= 11 is 0. The molecule has 0 aliphatic carbocycles. The molecule has 0 radical (unpaired) electrons. The maximum Gasteiger partial charge on any atom is 0.157 e. The highest BCUT2D eigenvalue weighted by molar-refractivity contribution is 5.41. The average Bonchev–Trinajstić information content (AvgIpc) is 2.18. The van der Waals surface area contributed by atoms with E-state index >= 15 is 0 Å². The van der Waals surface area contributed by atoms with Crippen molar-refractivity contribution in [2.45, 2.75) is 32.7 Å². The molecule has 84 valence electrons. The molecule has 0 spiro atoms. The number of aromatic hydroxyl groups is 2. The average molecular weight is 209 g/mol. The largest absolute Gasteiger partial charge is 0.504 e. The van der Waals surface area contributed by atoms with Crippen molar-refractivity contribution >= 4 is 0 Å². The molecule has 0 bridgehead atoms. The van der Waals surface area contributed by atoms with Crippen molar-refractivity contribution in [3.8, 4) is 11.5 Å². The van der Waals surface area contributed by atoms with Crippen molar-refractivity contribution in [1.29, 1.82) is 0 Å². The van der Waals surface area contributed by atoms with Crippen molar-refractivity contribution in [1.82, 2.24) is 0 Å². The highest BCUT2D eigenvalue weighted by Crippen LogP contribution is 2.28. The van der Waals surface area contributed by atoms with Crippen LogP contribution < -0.4 is 5.73 Å². The van der Waals surface area contributed by atoms with E-state index in [1.54, 1.807) is 6.07 Å². The van der Waals surface area contributed by atoms with E-state index in [0.717, 1.165) is 18.4 Å². The Hall–Kier alpha value is -1.22. The number of hydrogen-bond acceptors (Lipinski definition) is 3. The highest BCUT2D eigenvalue weighted by Gasteiger charge is 2.09. The third-order valence-corrected chi connectivity index (χ3v) is 2.48. The molecule has 3 heteroatoms. The topological polar surface area (TPSA) is 66.5 Å². The van der Waals surface area contributed by atoms with Gasteiger partial charge in [0.1, 0.15) is 0 Å². The summed E-state index contributed by atoms with van der Waals surface area (Å²) < 4.78 is 0. The molecule has 0 heterocycles. The van der Waals surface area contributed by atoms with E-state index in [9.17, 15) is 5.11 Å². The molecule has 1 aromatic rings. The fourth-order valence-corrected chi connectivity index (χ4v) is 1.45. The summed E-state index contributed by atoms with van der Waals surface area (Å²) in [6.07, 6.45) is 1.95. The minimum absolute atomic E-state index is 0.0705. The molecule has 3 nitrogen and oxygen atoms in total. The smallest absolute Gasteiger partial charge is 0.157 e. The van der Waals surface area contributed by atoms with E-state index in [2.05, 4.69) is 13.8 Å². The van der Waals surface area contributed by atoms with Gasteiger partial charge in [0.2, 0.25) is 0 Å². The van der Waals surface area contributed by atoms with Gasteiger partial charge in [-0.3, -0.25) is 0 Å². The van der Waals surface area contributed by atoms with Crippen molar-refractivity contribution in [3.63, 3.8) is 0 Å². The van der Waals surface area contributed by atoms with Gasteiger partial charge in [0, 0.05) is 6.04 Å². The maximum absolute atomic E-state index is 9.32. The molecule has 0 aliphatic rings. The van der Waals surface area contributed by atoms with Crippen LogP contribution in [-0.4, -0.2) is 10.2 Å². The number of phenolic OH excluding ortho intramolecular Hbond substituents is 2. The van der Waals surface area contributed by atoms with Crippen molar-refractivity contribution < 1.29 is 10.2 Å². The van der Waals surface area contributed by atoms with Crippen LogP contribution in [0.3, 0.4) is 0 Å². The number of benzene rings is 1. The molecule has 0 saturated carbocycles. The molecule has 1 atom stereocenters. The fourth-order valence-electron chi connectivity index (χ4n) is 1.45. The van der Waals surface area contributed by atoms with E-state index in [0.29, 0.717) is 5.92 Å². The van der Waals surface area contributed by atoms with Gasteiger partial charge in [-0.1, -0.05) is 19.9 Å². The maximum atomic E-state index is 9.32. The van der Waals surface area contributed by atoms with Gasteiger partial charge in [-0.25, -0.2) is 0 Å². The fraction of sp³-hybridized carbons (Fsp3) is 0.500. The summed E-state index contributed by atoms with van der Waals surface area (Å²) in [6, 6.07) is 4.68. The second-order valence-corrected chi connectivity index (χ2v) is 4.33. The van der Waals surface area contributed by atoms with Gasteiger partial charge in [0.15, 0.2) is 11.5 Å². The van der Waals surface area contributed by atoms with Crippen LogP contribution in [0.5, 0.6) is 11.5 Å². The predicted molar refractivity (Wildman–Crippen MR) is 60.8 cm³/mol. The zero-order chi connectivity index (χ0) is 11.4. The van der Waals surface area contributed by atoms with Gasteiger partial charge in [0.25, 0.3) is 0 Å². The quantitative estimate of drug-likeness (QED) is 0.667. The van der Waals surface area contributed by atoms with Gasteiger partial charge in [-0.2, -0.15) is 0 Å². The monoisotopic (exact) mass is 209 g/mol. The van der Waals surface area contributed by atoms with Crippen molar-refractivity contribution in [2.24, 2.45) is 11.7 Å². The van der Waals surface area contributed by atoms with Gasteiger partial charge in [-0.05, 0) is 36.5 Å². The number of nitrogens with two attached hydrogens (primary N) is 1. The molecule has 15 heavy (non-hydrogen) atoms. The number of phenols is 2. The Bertz CT molecular complexity index is 323. The zero-order valence-corrected chi connectivity index (χ0v) is 9.27. The molecular weight excluding hydrogens is 190 g/mol. The third kappa shape index (κ3) is 3.44. The molecule has 4 N–H and O–H groups in total. The minimum atomic E-state index is -0.104. The van der Waals surface area contributed by atoms with Crippen LogP contribution in [0.1, 0.15) is 38.3 Å². The summed E-state index contributed by atoms with van der Waals surface area (Å²) in [7, 11) is 0. The zero-order valence-electron chi connectivity index (χ0n) is 9.27. The number of hydrogen-bond donors (Lipinski definition) is 3. The van der Waals surface area contributed by atoms with E-state index in [4.69, 9.17) is 10.8 Å². The van der Waals surface area contributed by atoms with Gasteiger partial charge >= 0.3 is 0 Å². The van der Waals surface area contributed by atoms with Crippen molar-refractivity contribution in [2.75, 3.05) is 0 Å². The highest BCUT2D eigenvalue weighted by atomic mass is 16.3. The summed E-state index contributed by atoms with van der Waals surface area (Å²) in [6.45, 7) is 4.31. The normalized spacial score (nSPS) is 13.1. The molecule has 1 rings (SSSR count).